The lowest BCUT2D eigenvalue weighted by Gasteiger charge is -2.23. The highest BCUT2D eigenvalue weighted by molar-refractivity contribution is 7.99. The first-order valence-corrected chi connectivity index (χ1v) is 10.3. The van der Waals surface area contributed by atoms with Crippen molar-refractivity contribution < 1.29 is 18.7 Å². The fourth-order valence-corrected chi connectivity index (χ4v) is 3.03. The molecule has 0 aromatic carbocycles. The van der Waals surface area contributed by atoms with E-state index < -0.39 is 17.7 Å². The third-order valence-electron chi connectivity index (χ3n) is 3.55. The number of thioether (sulfide) groups is 1. The van der Waals surface area contributed by atoms with Crippen molar-refractivity contribution >= 4 is 23.8 Å². The largest absolute Gasteiger partial charge is 0.444 e. The molecule has 1 rings (SSSR count). The van der Waals surface area contributed by atoms with Gasteiger partial charge in [-0.2, -0.15) is 0 Å². The summed E-state index contributed by atoms with van der Waals surface area (Å²) < 4.78 is 11.0. The van der Waals surface area contributed by atoms with Gasteiger partial charge >= 0.3 is 6.09 Å². The van der Waals surface area contributed by atoms with Gasteiger partial charge in [0.1, 0.15) is 11.6 Å². The van der Waals surface area contributed by atoms with E-state index in [9.17, 15) is 9.59 Å². The van der Waals surface area contributed by atoms with E-state index in [1.807, 2.05) is 27.7 Å². The smallest absolute Gasteiger partial charge is 0.408 e. The number of rotatable bonds is 9. The maximum absolute atomic E-state index is 12.1. The van der Waals surface area contributed by atoms with Crippen molar-refractivity contribution in [3.8, 4) is 0 Å². The van der Waals surface area contributed by atoms with E-state index in [4.69, 9.17) is 9.15 Å². The molecular weight excluding hydrogens is 368 g/mol. The number of amides is 2. The number of ether oxygens (including phenoxy) is 1. The van der Waals surface area contributed by atoms with Crippen LogP contribution in [0.2, 0.25) is 0 Å². The van der Waals surface area contributed by atoms with Crippen molar-refractivity contribution in [1.29, 1.82) is 0 Å². The van der Waals surface area contributed by atoms with Crippen molar-refractivity contribution in [2.75, 3.05) is 18.8 Å². The molecule has 0 bridgehead atoms. The van der Waals surface area contributed by atoms with Gasteiger partial charge < -0.3 is 19.4 Å². The number of hydrogen-bond acceptors (Lipinski definition) is 7. The summed E-state index contributed by atoms with van der Waals surface area (Å²) >= 11 is 1.20. The maximum Gasteiger partial charge on any atom is 0.408 e. The molecule has 0 saturated heterocycles. The Bertz CT molecular complexity index is 609. The molecule has 2 amide bonds. The van der Waals surface area contributed by atoms with Gasteiger partial charge in [-0.25, -0.2) is 4.79 Å². The highest BCUT2D eigenvalue weighted by Crippen LogP contribution is 2.24. The summed E-state index contributed by atoms with van der Waals surface area (Å²) in [4.78, 5) is 25.9. The SMILES string of the molecule is CCN(CC)C(=O)CSc1nnc([C@@H](CC(C)C)NC(=O)OC(C)(C)C)o1. The summed E-state index contributed by atoms with van der Waals surface area (Å²) in [7, 11) is 0. The van der Waals surface area contributed by atoms with Crippen LogP contribution in [0.1, 0.15) is 66.8 Å². The van der Waals surface area contributed by atoms with E-state index >= 15 is 0 Å². The van der Waals surface area contributed by atoms with Crippen LogP contribution < -0.4 is 5.32 Å². The Labute approximate surface area is 165 Å². The van der Waals surface area contributed by atoms with E-state index in [0.717, 1.165) is 0 Å². The fourth-order valence-electron chi connectivity index (χ4n) is 2.35. The van der Waals surface area contributed by atoms with Crippen molar-refractivity contribution in [2.45, 2.75) is 71.8 Å². The molecular formula is C18H32N4O4S. The normalized spacial score (nSPS) is 12.7. The molecule has 1 aromatic heterocycles. The minimum absolute atomic E-state index is 0.0235. The van der Waals surface area contributed by atoms with Crippen LogP contribution >= 0.6 is 11.8 Å². The number of alkyl carbamates (subject to hydrolysis) is 1. The third kappa shape index (κ3) is 8.64. The molecule has 0 unspecified atom stereocenters. The Hall–Kier alpha value is -1.77. The van der Waals surface area contributed by atoms with Crippen LogP contribution in [0.15, 0.2) is 9.64 Å². The summed E-state index contributed by atoms with van der Waals surface area (Å²) in [5.74, 6) is 0.873. The van der Waals surface area contributed by atoms with Gasteiger partial charge in [0.15, 0.2) is 0 Å². The van der Waals surface area contributed by atoms with E-state index in [-0.39, 0.29) is 11.7 Å². The van der Waals surface area contributed by atoms with Gasteiger partial charge in [0.2, 0.25) is 11.8 Å². The third-order valence-corrected chi connectivity index (χ3v) is 4.36. The monoisotopic (exact) mass is 400 g/mol. The van der Waals surface area contributed by atoms with Crippen molar-refractivity contribution in [2.24, 2.45) is 5.92 Å². The van der Waals surface area contributed by atoms with Crippen LogP contribution in [-0.2, 0) is 9.53 Å². The molecule has 0 aliphatic heterocycles. The molecule has 0 radical (unpaired) electrons. The number of carbonyl (C=O) groups excluding carboxylic acids is 2. The van der Waals surface area contributed by atoms with E-state index in [1.54, 1.807) is 25.7 Å². The molecule has 0 spiro atoms. The molecule has 0 aliphatic carbocycles. The first-order chi connectivity index (χ1) is 12.6. The highest BCUT2D eigenvalue weighted by atomic mass is 32.2. The number of hydrogen-bond donors (Lipinski definition) is 1. The summed E-state index contributed by atoms with van der Waals surface area (Å²) in [5, 5.41) is 11.1. The second-order valence-electron chi connectivity index (χ2n) is 7.59. The minimum Gasteiger partial charge on any atom is -0.444 e. The molecule has 1 N–H and O–H groups in total. The van der Waals surface area contributed by atoms with Gasteiger partial charge in [-0.15, -0.1) is 10.2 Å². The predicted octanol–water partition coefficient (Wildman–Crippen LogP) is 3.64. The molecule has 8 nitrogen and oxygen atoms in total. The van der Waals surface area contributed by atoms with Crippen molar-refractivity contribution in [3.63, 3.8) is 0 Å². The Morgan fingerprint density at radius 1 is 1.22 bits per heavy atom. The lowest BCUT2D eigenvalue weighted by atomic mass is 10.0. The maximum atomic E-state index is 12.1. The van der Waals surface area contributed by atoms with Gasteiger partial charge in [-0.3, -0.25) is 4.79 Å². The molecule has 0 aliphatic rings. The van der Waals surface area contributed by atoms with Crippen molar-refractivity contribution in [3.05, 3.63) is 5.89 Å². The standard InChI is InChI=1S/C18H32N4O4S/c1-8-22(9-2)14(23)11-27-17-21-20-15(25-17)13(10-12(3)4)19-16(24)26-18(5,6)7/h12-13H,8-11H2,1-7H3,(H,19,24)/t13-/m1/s1. The second-order valence-corrected chi connectivity index (χ2v) is 8.52. The quantitative estimate of drug-likeness (QED) is 0.632. The molecule has 0 fully saturated rings. The van der Waals surface area contributed by atoms with Crippen LogP contribution in [0.4, 0.5) is 4.79 Å². The lowest BCUT2D eigenvalue weighted by molar-refractivity contribution is -0.127. The Balaban J connectivity index is 2.75. The second kappa shape index (κ2) is 10.5. The van der Waals surface area contributed by atoms with E-state index in [1.165, 1.54) is 11.8 Å². The Kier molecular flexibility index (Phi) is 9.08. The van der Waals surface area contributed by atoms with Gasteiger partial charge in [0, 0.05) is 13.1 Å². The van der Waals surface area contributed by atoms with Crippen LogP contribution in [0.25, 0.3) is 0 Å². The van der Waals surface area contributed by atoms with Crippen LogP contribution in [0.5, 0.6) is 0 Å². The van der Waals surface area contributed by atoms with Crippen LogP contribution in [0.3, 0.4) is 0 Å². The zero-order valence-corrected chi connectivity index (χ0v) is 18.2. The molecule has 154 valence electrons. The van der Waals surface area contributed by atoms with Gasteiger partial charge in [0.25, 0.3) is 5.22 Å². The molecule has 1 atom stereocenters. The summed E-state index contributed by atoms with van der Waals surface area (Å²) in [6.45, 7) is 14.7. The first-order valence-electron chi connectivity index (χ1n) is 9.29. The van der Waals surface area contributed by atoms with E-state index in [0.29, 0.717) is 36.5 Å². The molecule has 27 heavy (non-hydrogen) atoms. The number of nitrogens with zero attached hydrogens (tertiary/aromatic N) is 3. The highest BCUT2D eigenvalue weighted by Gasteiger charge is 2.25. The Morgan fingerprint density at radius 3 is 2.37 bits per heavy atom. The van der Waals surface area contributed by atoms with E-state index in [2.05, 4.69) is 15.5 Å². The van der Waals surface area contributed by atoms with Gasteiger partial charge in [0.05, 0.1) is 5.75 Å². The van der Waals surface area contributed by atoms with Crippen LogP contribution in [0, 0.1) is 5.92 Å². The zero-order chi connectivity index (χ0) is 20.6. The summed E-state index contributed by atoms with van der Waals surface area (Å²) in [6.07, 6.45) is 0.0986. The lowest BCUT2D eigenvalue weighted by Crippen LogP contribution is -2.35. The number of carbonyl (C=O) groups is 2. The van der Waals surface area contributed by atoms with Gasteiger partial charge in [-0.1, -0.05) is 25.6 Å². The Morgan fingerprint density at radius 2 is 1.85 bits per heavy atom. The zero-order valence-electron chi connectivity index (χ0n) is 17.4. The summed E-state index contributed by atoms with van der Waals surface area (Å²) in [6, 6.07) is -0.444. The topological polar surface area (TPSA) is 97.6 Å². The van der Waals surface area contributed by atoms with Crippen LogP contribution in [-0.4, -0.2) is 51.5 Å². The minimum atomic E-state index is -0.590. The number of aromatic nitrogens is 2. The predicted molar refractivity (Wildman–Crippen MR) is 105 cm³/mol. The summed E-state index contributed by atoms with van der Waals surface area (Å²) in [5.41, 5.74) is -0.590. The molecule has 1 aromatic rings. The number of nitrogens with one attached hydrogen (secondary N) is 1. The molecule has 1 heterocycles. The fraction of sp³-hybridized carbons (Fsp3) is 0.778. The van der Waals surface area contributed by atoms with Crippen molar-refractivity contribution in [1.82, 2.24) is 20.4 Å². The average molecular weight is 401 g/mol. The molecule has 9 heteroatoms. The average Bonchev–Trinajstić information content (AvgIpc) is 3.00. The van der Waals surface area contributed by atoms with Gasteiger partial charge in [-0.05, 0) is 47.0 Å². The molecule has 0 saturated carbocycles. The first kappa shape index (κ1) is 23.3.